The summed E-state index contributed by atoms with van der Waals surface area (Å²) in [5, 5.41) is 0. The first-order chi connectivity index (χ1) is 10.6. The second-order valence-electron chi connectivity index (χ2n) is 7.24. The van der Waals surface area contributed by atoms with Crippen molar-refractivity contribution in [1.29, 1.82) is 0 Å². The molecular weight excluding hydrogens is 268 g/mol. The molecule has 0 aromatic heterocycles. The summed E-state index contributed by atoms with van der Waals surface area (Å²) in [5.41, 5.74) is 12.6. The van der Waals surface area contributed by atoms with Gasteiger partial charge < -0.3 is 11.5 Å². The number of nitrogens with two attached hydrogens (primary N) is 2. The summed E-state index contributed by atoms with van der Waals surface area (Å²) in [4.78, 5) is 0. The van der Waals surface area contributed by atoms with E-state index < -0.39 is 0 Å². The van der Waals surface area contributed by atoms with Crippen molar-refractivity contribution >= 4 is 0 Å². The van der Waals surface area contributed by atoms with Crippen molar-refractivity contribution in [2.24, 2.45) is 29.2 Å². The molecular formula is C20H44N2. The molecule has 0 saturated heterocycles. The molecule has 0 saturated carbocycles. The third-order valence-electron chi connectivity index (χ3n) is 5.25. The first-order valence-corrected chi connectivity index (χ1v) is 10.1. The lowest BCUT2D eigenvalue weighted by molar-refractivity contribution is 0.145. The minimum absolute atomic E-state index is 0.141. The van der Waals surface area contributed by atoms with Crippen LogP contribution in [0, 0.1) is 17.8 Å². The molecule has 2 heteroatoms. The Balaban J connectivity index is 4.98. The summed E-state index contributed by atoms with van der Waals surface area (Å²) in [6, 6.07) is 0. The molecule has 22 heavy (non-hydrogen) atoms. The number of hydrogen-bond donors (Lipinski definition) is 2. The molecule has 0 radical (unpaired) electrons. The number of unbranched alkanes of at least 4 members (excludes halogenated alkanes) is 4. The molecule has 0 aliphatic carbocycles. The zero-order valence-electron chi connectivity index (χ0n) is 15.9. The lowest BCUT2D eigenvalue weighted by atomic mass is 9.71. The van der Waals surface area contributed by atoms with E-state index in [1.54, 1.807) is 0 Å². The molecule has 134 valence electrons. The van der Waals surface area contributed by atoms with Crippen LogP contribution < -0.4 is 11.5 Å². The normalized spacial score (nSPS) is 12.3. The smallest absolute Gasteiger partial charge is 0.0555 e. The van der Waals surface area contributed by atoms with Gasteiger partial charge >= 0.3 is 0 Å². The third-order valence-corrected chi connectivity index (χ3v) is 5.25. The van der Waals surface area contributed by atoms with Crippen LogP contribution in [-0.2, 0) is 0 Å². The Morgan fingerprint density at radius 1 is 0.545 bits per heavy atom. The Kier molecular flexibility index (Phi) is 14.5. The molecule has 0 bridgehead atoms. The van der Waals surface area contributed by atoms with Crippen LogP contribution in [0.5, 0.6) is 0 Å². The van der Waals surface area contributed by atoms with Gasteiger partial charge in [0.1, 0.15) is 0 Å². The van der Waals surface area contributed by atoms with E-state index in [1.165, 1.54) is 77.0 Å². The average Bonchev–Trinajstić information content (AvgIpc) is 2.51. The van der Waals surface area contributed by atoms with Crippen LogP contribution in [0.3, 0.4) is 0 Å². The van der Waals surface area contributed by atoms with E-state index in [1.807, 2.05) is 0 Å². The Bertz CT molecular complexity index is 192. The second kappa shape index (κ2) is 14.5. The summed E-state index contributed by atoms with van der Waals surface area (Å²) in [5.74, 6) is 1.99. The van der Waals surface area contributed by atoms with E-state index in [0.717, 1.165) is 11.8 Å². The van der Waals surface area contributed by atoms with E-state index in [2.05, 4.69) is 27.7 Å². The zero-order chi connectivity index (χ0) is 16.8. The van der Waals surface area contributed by atoms with Gasteiger partial charge in [-0.2, -0.15) is 0 Å². The first-order valence-electron chi connectivity index (χ1n) is 10.1. The highest BCUT2D eigenvalue weighted by atomic mass is 14.9. The summed E-state index contributed by atoms with van der Waals surface area (Å²) in [7, 11) is 0. The Labute approximate surface area is 140 Å². The molecule has 0 fully saturated rings. The maximum atomic E-state index is 6.30. The fourth-order valence-electron chi connectivity index (χ4n) is 3.94. The summed E-state index contributed by atoms with van der Waals surface area (Å²) < 4.78 is 0. The summed E-state index contributed by atoms with van der Waals surface area (Å²) in [6.07, 6.45) is 15.6. The third kappa shape index (κ3) is 9.15. The Hall–Kier alpha value is -0.0800. The molecule has 0 aromatic carbocycles. The van der Waals surface area contributed by atoms with Crippen LogP contribution in [0.4, 0.5) is 0 Å². The lowest BCUT2D eigenvalue weighted by Gasteiger charge is -2.37. The Morgan fingerprint density at radius 2 is 0.818 bits per heavy atom. The van der Waals surface area contributed by atoms with Gasteiger partial charge in [-0.05, 0) is 17.8 Å². The lowest BCUT2D eigenvalue weighted by Crippen LogP contribution is -2.46. The minimum atomic E-state index is -0.141. The molecule has 0 spiro atoms. The molecule has 4 N–H and O–H groups in total. The molecule has 0 rings (SSSR count). The Morgan fingerprint density at radius 3 is 1.00 bits per heavy atom. The molecule has 0 unspecified atom stereocenters. The van der Waals surface area contributed by atoms with Gasteiger partial charge in [0.15, 0.2) is 0 Å². The zero-order valence-corrected chi connectivity index (χ0v) is 15.9. The van der Waals surface area contributed by atoms with Crippen molar-refractivity contribution in [3.63, 3.8) is 0 Å². The van der Waals surface area contributed by atoms with E-state index >= 15 is 0 Å². The molecule has 2 nitrogen and oxygen atoms in total. The standard InChI is InChI=1S/C20H44N2/c1-5-9-13-17(14-10-6-2)19(20(21)22)18(15-11-7-3)16-12-8-4/h17-20H,5-16,21-22H2,1-4H3. The van der Waals surface area contributed by atoms with Crippen molar-refractivity contribution in [2.75, 3.05) is 0 Å². The van der Waals surface area contributed by atoms with Gasteiger partial charge in [0.2, 0.25) is 0 Å². The summed E-state index contributed by atoms with van der Waals surface area (Å²) >= 11 is 0. The van der Waals surface area contributed by atoms with Crippen LogP contribution in [0.15, 0.2) is 0 Å². The fourth-order valence-corrected chi connectivity index (χ4v) is 3.94. The highest BCUT2D eigenvalue weighted by Crippen LogP contribution is 2.36. The SMILES string of the molecule is CCCCC(CCCC)C(C(N)N)C(CCCC)CCCC. The van der Waals surface area contributed by atoms with Crippen LogP contribution >= 0.6 is 0 Å². The van der Waals surface area contributed by atoms with Gasteiger partial charge in [-0.3, -0.25) is 0 Å². The maximum absolute atomic E-state index is 6.30. The van der Waals surface area contributed by atoms with E-state index in [4.69, 9.17) is 11.5 Å². The van der Waals surface area contributed by atoms with E-state index in [-0.39, 0.29) is 6.17 Å². The number of hydrogen-bond acceptors (Lipinski definition) is 2. The van der Waals surface area contributed by atoms with Crippen molar-refractivity contribution in [2.45, 2.75) is 111 Å². The van der Waals surface area contributed by atoms with Crippen LogP contribution in [0.1, 0.15) is 105 Å². The van der Waals surface area contributed by atoms with Gasteiger partial charge in [-0.25, -0.2) is 0 Å². The van der Waals surface area contributed by atoms with Crippen molar-refractivity contribution in [1.82, 2.24) is 0 Å². The first kappa shape index (κ1) is 21.9. The maximum Gasteiger partial charge on any atom is 0.0555 e. The van der Waals surface area contributed by atoms with E-state index in [0.29, 0.717) is 5.92 Å². The van der Waals surface area contributed by atoms with Crippen molar-refractivity contribution < 1.29 is 0 Å². The minimum Gasteiger partial charge on any atom is -0.316 e. The van der Waals surface area contributed by atoms with Crippen molar-refractivity contribution in [3.8, 4) is 0 Å². The van der Waals surface area contributed by atoms with Gasteiger partial charge in [0, 0.05) is 0 Å². The van der Waals surface area contributed by atoms with E-state index in [9.17, 15) is 0 Å². The summed E-state index contributed by atoms with van der Waals surface area (Å²) in [6.45, 7) is 9.17. The van der Waals surface area contributed by atoms with Crippen LogP contribution in [-0.4, -0.2) is 6.17 Å². The average molecular weight is 313 g/mol. The highest BCUT2D eigenvalue weighted by molar-refractivity contribution is 4.83. The number of rotatable bonds is 15. The fraction of sp³-hybridized carbons (Fsp3) is 1.00. The largest absolute Gasteiger partial charge is 0.316 e. The molecule has 0 amide bonds. The van der Waals surface area contributed by atoms with Crippen LogP contribution in [0.2, 0.25) is 0 Å². The van der Waals surface area contributed by atoms with Gasteiger partial charge in [0.25, 0.3) is 0 Å². The molecule has 0 atom stereocenters. The van der Waals surface area contributed by atoms with Gasteiger partial charge in [-0.1, -0.05) is 105 Å². The molecule has 0 aliphatic rings. The monoisotopic (exact) mass is 312 g/mol. The van der Waals surface area contributed by atoms with Crippen molar-refractivity contribution in [3.05, 3.63) is 0 Å². The second-order valence-corrected chi connectivity index (χ2v) is 7.24. The topological polar surface area (TPSA) is 52.0 Å². The molecule has 0 heterocycles. The molecule has 0 aliphatic heterocycles. The van der Waals surface area contributed by atoms with Gasteiger partial charge in [-0.15, -0.1) is 0 Å². The predicted octanol–water partition coefficient (Wildman–Crippen LogP) is 5.84. The predicted molar refractivity (Wildman–Crippen MR) is 101 cm³/mol. The quantitative estimate of drug-likeness (QED) is 0.373. The van der Waals surface area contributed by atoms with Crippen LogP contribution in [0.25, 0.3) is 0 Å². The van der Waals surface area contributed by atoms with Gasteiger partial charge in [0.05, 0.1) is 6.17 Å². The highest BCUT2D eigenvalue weighted by Gasteiger charge is 2.31. The molecule has 0 aromatic rings.